The summed E-state index contributed by atoms with van der Waals surface area (Å²) < 4.78 is 0. The van der Waals surface area contributed by atoms with Crippen LogP contribution < -0.4 is 0 Å². The van der Waals surface area contributed by atoms with Gasteiger partial charge in [0, 0.05) is 0 Å². The molecule has 46 valence electrons. The minimum atomic E-state index is 0.444. The van der Waals surface area contributed by atoms with E-state index in [1.165, 1.54) is 24.9 Å². The largest absolute Gasteiger partial charge is 0.103 e. The molecule has 0 aromatic heterocycles. The highest BCUT2D eigenvalue weighted by Gasteiger charge is 2.03. The van der Waals surface area contributed by atoms with Crippen molar-refractivity contribution in [1.29, 1.82) is 0 Å². The third-order valence-electron chi connectivity index (χ3n) is 1.59. The molecule has 0 bridgehead atoms. The lowest BCUT2D eigenvalue weighted by Crippen LogP contribution is -1.93. The van der Waals surface area contributed by atoms with Gasteiger partial charge in [0.25, 0.3) is 0 Å². The Kier molecular flexibility index (Phi) is 2.55. The maximum atomic E-state index is 2.35. The van der Waals surface area contributed by atoms with Gasteiger partial charge in [0.15, 0.2) is 0 Å². The van der Waals surface area contributed by atoms with Crippen LogP contribution in [0.15, 0.2) is 12.2 Å². The molecule has 0 amide bonds. The van der Waals surface area contributed by atoms with Gasteiger partial charge in [-0.1, -0.05) is 19.1 Å². The molecular formula is C7H13P. The summed E-state index contributed by atoms with van der Waals surface area (Å²) in [7, 11) is 0.444. The monoisotopic (exact) mass is 128 g/mol. The lowest BCUT2D eigenvalue weighted by atomic mass is 10.4. The van der Waals surface area contributed by atoms with E-state index >= 15 is 0 Å². The predicted molar refractivity (Wildman–Crippen MR) is 41.0 cm³/mol. The lowest BCUT2D eigenvalue weighted by Gasteiger charge is -2.15. The molecule has 1 rings (SSSR count). The van der Waals surface area contributed by atoms with E-state index in [1.54, 1.807) is 0 Å². The Labute approximate surface area is 52.7 Å². The summed E-state index contributed by atoms with van der Waals surface area (Å²) in [5.74, 6) is 0. The minimum absolute atomic E-state index is 0.444. The van der Waals surface area contributed by atoms with Crippen LogP contribution in [0.1, 0.15) is 13.3 Å². The van der Waals surface area contributed by atoms with E-state index in [9.17, 15) is 0 Å². The summed E-state index contributed by atoms with van der Waals surface area (Å²) in [5.41, 5.74) is 0. The van der Waals surface area contributed by atoms with E-state index in [2.05, 4.69) is 19.1 Å². The Morgan fingerprint density at radius 2 is 2.38 bits per heavy atom. The first-order valence-corrected chi connectivity index (χ1v) is 5.20. The van der Waals surface area contributed by atoms with Crippen LogP contribution >= 0.6 is 7.92 Å². The van der Waals surface area contributed by atoms with Crippen molar-refractivity contribution < 1.29 is 0 Å². The topological polar surface area (TPSA) is 0 Å². The quantitative estimate of drug-likeness (QED) is 0.376. The van der Waals surface area contributed by atoms with Crippen molar-refractivity contribution in [3.05, 3.63) is 12.2 Å². The highest BCUT2D eigenvalue weighted by molar-refractivity contribution is 7.57. The smallest absolute Gasteiger partial charge is 0.0145 e. The Morgan fingerprint density at radius 1 is 1.50 bits per heavy atom. The standard InChI is InChI=1S/C7H13P/c1-2-8-6-4-3-5-7-8/h3-4H,2,5-7H2,1H3. The van der Waals surface area contributed by atoms with Gasteiger partial charge in [-0.15, -0.1) is 7.92 Å². The van der Waals surface area contributed by atoms with Gasteiger partial charge in [0.1, 0.15) is 0 Å². The fraction of sp³-hybridized carbons (Fsp3) is 0.714. The van der Waals surface area contributed by atoms with E-state index in [-0.39, 0.29) is 0 Å². The van der Waals surface area contributed by atoms with Crippen molar-refractivity contribution >= 4 is 7.92 Å². The fourth-order valence-electron chi connectivity index (χ4n) is 0.977. The summed E-state index contributed by atoms with van der Waals surface area (Å²) in [6, 6.07) is 0. The molecule has 0 aromatic carbocycles. The Bertz CT molecular complexity index is 86.4. The van der Waals surface area contributed by atoms with Crippen LogP contribution in [0, 0.1) is 0 Å². The van der Waals surface area contributed by atoms with Crippen molar-refractivity contribution in [3.8, 4) is 0 Å². The van der Waals surface area contributed by atoms with Crippen molar-refractivity contribution in [3.63, 3.8) is 0 Å². The van der Waals surface area contributed by atoms with Crippen LogP contribution in [0.25, 0.3) is 0 Å². The van der Waals surface area contributed by atoms with Crippen molar-refractivity contribution in [2.45, 2.75) is 13.3 Å². The van der Waals surface area contributed by atoms with Gasteiger partial charge in [-0.3, -0.25) is 0 Å². The first-order valence-electron chi connectivity index (χ1n) is 3.31. The van der Waals surface area contributed by atoms with Crippen molar-refractivity contribution in [2.24, 2.45) is 0 Å². The second kappa shape index (κ2) is 3.25. The summed E-state index contributed by atoms with van der Waals surface area (Å²) >= 11 is 0. The first-order chi connectivity index (χ1) is 3.93. The molecule has 0 saturated carbocycles. The number of rotatable bonds is 1. The summed E-state index contributed by atoms with van der Waals surface area (Å²) in [5, 5.41) is 0. The molecule has 1 unspecified atom stereocenters. The van der Waals surface area contributed by atoms with Gasteiger partial charge in [0.2, 0.25) is 0 Å². The van der Waals surface area contributed by atoms with Crippen LogP contribution in [-0.4, -0.2) is 18.5 Å². The molecule has 1 heteroatoms. The highest BCUT2D eigenvalue weighted by Crippen LogP contribution is 2.37. The van der Waals surface area contributed by atoms with Crippen LogP contribution in [0.3, 0.4) is 0 Å². The van der Waals surface area contributed by atoms with E-state index < -0.39 is 0 Å². The molecule has 8 heavy (non-hydrogen) atoms. The van der Waals surface area contributed by atoms with Crippen molar-refractivity contribution in [1.82, 2.24) is 0 Å². The summed E-state index contributed by atoms with van der Waals surface area (Å²) in [6.07, 6.45) is 10.3. The average Bonchev–Trinajstić information content (AvgIpc) is 1.90. The van der Waals surface area contributed by atoms with Gasteiger partial charge in [-0.25, -0.2) is 0 Å². The third-order valence-corrected chi connectivity index (χ3v) is 4.10. The SMILES string of the molecule is CCP1CC=CCC1. The maximum absolute atomic E-state index is 2.35. The summed E-state index contributed by atoms with van der Waals surface area (Å²) in [4.78, 5) is 0. The molecule has 0 fully saturated rings. The molecule has 0 aromatic rings. The van der Waals surface area contributed by atoms with Crippen LogP contribution in [0.4, 0.5) is 0 Å². The molecule has 1 heterocycles. The van der Waals surface area contributed by atoms with E-state index in [1.807, 2.05) is 0 Å². The lowest BCUT2D eigenvalue weighted by molar-refractivity contribution is 1.18. The Morgan fingerprint density at radius 3 is 2.75 bits per heavy atom. The van der Waals surface area contributed by atoms with E-state index in [0.29, 0.717) is 7.92 Å². The number of hydrogen-bond donors (Lipinski definition) is 0. The zero-order chi connectivity index (χ0) is 5.82. The minimum Gasteiger partial charge on any atom is -0.103 e. The van der Waals surface area contributed by atoms with Crippen molar-refractivity contribution in [2.75, 3.05) is 18.5 Å². The molecule has 0 saturated heterocycles. The van der Waals surface area contributed by atoms with Gasteiger partial charge in [-0.2, -0.15) is 0 Å². The molecule has 1 atom stereocenters. The van der Waals surface area contributed by atoms with Crippen LogP contribution in [-0.2, 0) is 0 Å². The number of hydrogen-bond acceptors (Lipinski definition) is 0. The zero-order valence-corrected chi connectivity index (χ0v) is 6.32. The summed E-state index contributed by atoms with van der Waals surface area (Å²) in [6.45, 7) is 2.31. The first kappa shape index (κ1) is 6.29. The van der Waals surface area contributed by atoms with Gasteiger partial charge < -0.3 is 0 Å². The molecule has 0 aliphatic carbocycles. The zero-order valence-electron chi connectivity index (χ0n) is 5.43. The van der Waals surface area contributed by atoms with E-state index in [4.69, 9.17) is 0 Å². The Balaban J connectivity index is 2.27. The molecule has 1 aliphatic heterocycles. The van der Waals surface area contributed by atoms with Gasteiger partial charge >= 0.3 is 0 Å². The highest BCUT2D eigenvalue weighted by atomic mass is 31.1. The molecule has 0 N–H and O–H groups in total. The third kappa shape index (κ3) is 1.59. The molecule has 0 spiro atoms. The second-order valence-corrected chi connectivity index (χ2v) is 4.94. The Hall–Kier alpha value is 0.170. The van der Waals surface area contributed by atoms with Gasteiger partial charge in [0.05, 0.1) is 0 Å². The van der Waals surface area contributed by atoms with E-state index in [0.717, 1.165) is 0 Å². The normalized spacial score (nSPS) is 28.4. The predicted octanol–water partition coefficient (Wildman–Crippen LogP) is 2.45. The second-order valence-electron chi connectivity index (χ2n) is 2.15. The fourth-order valence-corrected chi connectivity index (χ4v) is 2.70. The average molecular weight is 128 g/mol. The van der Waals surface area contributed by atoms with Crippen LogP contribution in [0.5, 0.6) is 0 Å². The molecule has 1 aliphatic rings. The molecular weight excluding hydrogens is 115 g/mol. The molecule has 0 radical (unpaired) electrons. The molecule has 0 nitrogen and oxygen atoms in total. The van der Waals surface area contributed by atoms with Crippen LogP contribution in [0.2, 0.25) is 0 Å². The maximum Gasteiger partial charge on any atom is -0.0145 e. The number of allylic oxidation sites excluding steroid dienone is 2. The van der Waals surface area contributed by atoms with Gasteiger partial charge in [-0.05, 0) is 24.9 Å².